The van der Waals surface area contributed by atoms with Crippen LogP contribution >= 0.6 is 0 Å². The second kappa shape index (κ2) is 9.07. The Morgan fingerprint density at radius 1 is 1.07 bits per heavy atom. The van der Waals surface area contributed by atoms with E-state index in [2.05, 4.69) is 4.98 Å². The maximum absolute atomic E-state index is 12.8. The lowest BCUT2D eigenvalue weighted by molar-refractivity contribution is -0.144. The van der Waals surface area contributed by atoms with Crippen LogP contribution in [0.15, 0.2) is 24.3 Å². The minimum absolute atomic E-state index is 0.0614. The molecule has 0 aliphatic carbocycles. The van der Waals surface area contributed by atoms with E-state index in [4.69, 9.17) is 14.2 Å². The van der Waals surface area contributed by atoms with Gasteiger partial charge < -0.3 is 24.3 Å². The van der Waals surface area contributed by atoms with E-state index in [1.165, 1.54) is 26.2 Å². The lowest BCUT2D eigenvalue weighted by Gasteiger charge is -2.11. The van der Waals surface area contributed by atoms with E-state index in [1.54, 1.807) is 26.0 Å². The highest BCUT2D eigenvalue weighted by atomic mass is 16.5. The van der Waals surface area contributed by atoms with E-state index in [9.17, 15) is 19.5 Å². The molecule has 0 aliphatic heterocycles. The number of carbonyl (C=O) groups excluding carboxylic acids is 3. The fraction of sp³-hybridized carbons (Fsp3) is 0.350. The normalized spacial score (nSPS) is 11.6. The zero-order valence-corrected chi connectivity index (χ0v) is 16.2. The van der Waals surface area contributed by atoms with Gasteiger partial charge in [0, 0.05) is 11.3 Å². The van der Waals surface area contributed by atoms with Crippen LogP contribution < -0.4 is 4.74 Å². The maximum Gasteiger partial charge on any atom is 0.343 e. The first kappa shape index (κ1) is 21.0. The minimum atomic E-state index is -0.914. The monoisotopic (exact) mass is 389 g/mol. The molecule has 0 saturated heterocycles. The number of nitrogens with one attached hydrogen (secondary N) is 1. The van der Waals surface area contributed by atoms with Crippen molar-refractivity contribution in [1.29, 1.82) is 0 Å². The molecule has 2 N–H and O–H groups in total. The number of H-pyrrole nitrogens is 1. The van der Waals surface area contributed by atoms with Crippen LogP contribution in [0.3, 0.4) is 0 Å². The van der Waals surface area contributed by atoms with Crippen LogP contribution in [0, 0.1) is 0 Å². The van der Waals surface area contributed by atoms with E-state index in [1.807, 2.05) is 0 Å². The largest absolute Gasteiger partial charge is 0.505 e. The molecule has 1 aromatic carbocycles. The highest BCUT2D eigenvalue weighted by Crippen LogP contribution is 2.33. The van der Waals surface area contributed by atoms with Gasteiger partial charge in [-0.05, 0) is 45.0 Å². The van der Waals surface area contributed by atoms with Crippen molar-refractivity contribution in [3.8, 4) is 11.5 Å². The predicted octanol–water partition coefficient (Wildman–Crippen LogP) is 2.80. The lowest BCUT2D eigenvalue weighted by Crippen LogP contribution is -2.17. The van der Waals surface area contributed by atoms with Gasteiger partial charge in [-0.3, -0.25) is 9.59 Å². The summed E-state index contributed by atoms with van der Waals surface area (Å²) < 4.78 is 15.0. The number of esters is 2. The third-order valence-electron chi connectivity index (χ3n) is 4.13. The summed E-state index contributed by atoms with van der Waals surface area (Å²) in [6.07, 6.45) is 0. The van der Waals surface area contributed by atoms with Crippen LogP contribution in [-0.4, -0.2) is 48.1 Å². The van der Waals surface area contributed by atoms with Gasteiger partial charge in [0.15, 0.2) is 5.75 Å². The van der Waals surface area contributed by atoms with Crippen LogP contribution in [-0.2, 0) is 14.3 Å². The summed E-state index contributed by atoms with van der Waals surface area (Å²) >= 11 is 0. The van der Waals surface area contributed by atoms with E-state index in [0.29, 0.717) is 5.75 Å². The number of ether oxygens (including phenoxy) is 3. The molecular formula is C20H23NO7. The lowest BCUT2D eigenvalue weighted by atomic mass is 10.0. The molecule has 28 heavy (non-hydrogen) atoms. The van der Waals surface area contributed by atoms with Gasteiger partial charge in [0.05, 0.1) is 26.2 Å². The van der Waals surface area contributed by atoms with Crippen molar-refractivity contribution in [2.75, 3.05) is 20.3 Å². The molecule has 1 aromatic heterocycles. The Morgan fingerprint density at radius 3 is 2.21 bits per heavy atom. The van der Waals surface area contributed by atoms with Crippen molar-refractivity contribution in [2.24, 2.45) is 0 Å². The van der Waals surface area contributed by atoms with Gasteiger partial charge in [0.2, 0.25) is 5.78 Å². The summed E-state index contributed by atoms with van der Waals surface area (Å²) in [7, 11) is 1.50. The summed E-state index contributed by atoms with van der Waals surface area (Å²) in [5, 5.41) is 10.6. The van der Waals surface area contributed by atoms with Gasteiger partial charge in [-0.25, -0.2) is 4.79 Å². The van der Waals surface area contributed by atoms with Crippen LogP contribution in [0.5, 0.6) is 11.5 Å². The summed E-state index contributed by atoms with van der Waals surface area (Å²) in [6.45, 7) is 5.00. The number of rotatable bonds is 8. The Labute approximate surface area is 162 Å². The maximum atomic E-state index is 12.8. The fourth-order valence-electron chi connectivity index (χ4n) is 2.68. The number of methoxy groups -OCH3 is 1. The Morgan fingerprint density at radius 2 is 1.68 bits per heavy atom. The zero-order chi connectivity index (χ0) is 20.8. The average molecular weight is 389 g/mol. The summed E-state index contributed by atoms with van der Waals surface area (Å²) in [5.74, 6) is -2.90. The molecular weight excluding hydrogens is 366 g/mol. The van der Waals surface area contributed by atoms with Crippen LogP contribution in [0.1, 0.15) is 58.8 Å². The Hall–Kier alpha value is -3.29. The van der Waals surface area contributed by atoms with E-state index < -0.39 is 29.4 Å². The number of aromatic nitrogens is 1. The second-order valence-electron chi connectivity index (χ2n) is 5.89. The van der Waals surface area contributed by atoms with Crippen molar-refractivity contribution in [3.05, 3.63) is 46.8 Å². The number of ketones is 1. The molecule has 0 aliphatic rings. The van der Waals surface area contributed by atoms with E-state index in [-0.39, 0.29) is 35.7 Å². The number of benzene rings is 1. The molecule has 0 bridgehead atoms. The summed E-state index contributed by atoms with van der Waals surface area (Å²) in [5.41, 5.74) is -0.131. The first-order valence-corrected chi connectivity index (χ1v) is 8.82. The van der Waals surface area contributed by atoms with E-state index >= 15 is 0 Å². The topological polar surface area (TPSA) is 115 Å². The van der Waals surface area contributed by atoms with Crippen LogP contribution in [0.25, 0.3) is 0 Å². The van der Waals surface area contributed by atoms with E-state index in [0.717, 1.165) is 0 Å². The fourth-order valence-corrected chi connectivity index (χ4v) is 2.68. The third-order valence-corrected chi connectivity index (χ3v) is 4.13. The molecule has 0 amide bonds. The SMILES string of the molecule is CCOC(=O)c1c(C(C)C(=O)OCC)[nH]c(C(=O)c2ccc(OC)cc2)c1O. The molecule has 0 radical (unpaired) electrons. The smallest absolute Gasteiger partial charge is 0.343 e. The second-order valence-corrected chi connectivity index (χ2v) is 5.89. The number of carbonyl (C=O) groups is 3. The molecule has 1 atom stereocenters. The van der Waals surface area contributed by atoms with Crippen molar-refractivity contribution in [2.45, 2.75) is 26.7 Å². The van der Waals surface area contributed by atoms with Gasteiger partial charge in [0.25, 0.3) is 0 Å². The quantitative estimate of drug-likeness (QED) is 0.527. The van der Waals surface area contributed by atoms with Gasteiger partial charge in [-0.1, -0.05) is 0 Å². The van der Waals surface area contributed by atoms with Crippen molar-refractivity contribution in [1.82, 2.24) is 4.98 Å². The zero-order valence-electron chi connectivity index (χ0n) is 16.2. The van der Waals surface area contributed by atoms with Gasteiger partial charge in [-0.2, -0.15) is 0 Å². The molecule has 2 aromatic rings. The Kier molecular flexibility index (Phi) is 6.81. The molecule has 8 heteroatoms. The first-order chi connectivity index (χ1) is 13.3. The van der Waals surface area contributed by atoms with Crippen molar-refractivity contribution in [3.63, 3.8) is 0 Å². The van der Waals surface area contributed by atoms with Crippen molar-refractivity contribution < 1.29 is 33.7 Å². The van der Waals surface area contributed by atoms with Crippen molar-refractivity contribution >= 4 is 17.7 Å². The molecule has 0 saturated carbocycles. The summed E-state index contributed by atoms with van der Waals surface area (Å²) in [6, 6.07) is 6.25. The standard InChI is InChI=1S/C20H23NO7/c1-5-27-19(24)11(3)15-14(20(25)28-6-2)18(23)16(21-15)17(22)12-7-9-13(26-4)10-8-12/h7-11,21,23H,5-6H2,1-4H3. The molecule has 2 rings (SSSR count). The molecule has 0 spiro atoms. The highest BCUT2D eigenvalue weighted by molar-refractivity contribution is 6.12. The molecule has 8 nitrogen and oxygen atoms in total. The van der Waals surface area contributed by atoms with Gasteiger partial charge in [0.1, 0.15) is 17.0 Å². The van der Waals surface area contributed by atoms with Crippen LogP contribution in [0.4, 0.5) is 0 Å². The molecule has 0 fully saturated rings. The molecule has 150 valence electrons. The third kappa shape index (κ3) is 4.16. The molecule has 1 heterocycles. The van der Waals surface area contributed by atoms with Crippen LogP contribution in [0.2, 0.25) is 0 Å². The number of aromatic hydroxyl groups is 1. The number of aromatic amines is 1. The average Bonchev–Trinajstić information content (AvgIpc) is 3.04. The number of hydrogen-bond donors (Lipinski definition) is 2. The minimum Gasteiger partial charge on any atom is -0.505 e. The Bertz CT molecular complexity index is 867. The number of hydrogen-bond acceptors (Lipinski definition) is 7. The van der Waals surface area contributed by atoms with Gasteiger partial charge >= 0.3 is 11.9 Å². The predicted molar refractivity (Wildman–Crippen MR) is 99.9 cm³/mol. The molecule has 1 unspecified atom stereocenters. The first-order valence-electron chi connectivity index (χ1n) is 8.82. The summed E-state index contributed by atoms with van der Waals surface area (Å²) in [4.78, 5) is 40.0. The Balaban J connectivity index is 2.52. The highest BCUT2D eigenvalue weighted by Gasteiger charge is 2.33. The van der Waals surface area contributed by atoms with Gasteiger partial charge in [-0.15, -0.1) is 0 Å².